The van der Waals surface area contributed by atoms with E-state index < -0.39 is 14.4 Å². The number of amides is 1. The highest BCUT2D eigenvalue weighted by molar-refractivity contribution is 6.74. The van der Waals surface area contributed by atoms with Gasteiger partial charge in [-0.25, -0.2) is 4.79 Å². The van der Waals surface area contributed by atoms with Crippen LogP contribution in [0.15, 0.2) is 30.4 Å². The Morgan fingerprint density at radius 1 is 1.25 bits per heavy atom. The number of carboxylic acid groups (broad SMARTS) is 1. The summed E-state index contributed by atoms with van der Waals surface area (Å²) in [5.74, 6) is -0.177. The maximum Gasteiger partial charge on any atom is 0.412 e. The molecule has 0 fully saturated rings. The molecule has 0 bridgehead atoms. The van der Waals surface area contributed by atoms with Gasteiger partial charge in [0.05, 0.1) is 17.8 Å². The summed E-state index contributed by atoms with van der Waals surface area (Å²) in [5, 5.41) is 10.6. The molecule has 28 heavy (non-hydrogen) atoms. The van der Waals surface area contributed by atoms with Gasteiger partial charge in [-0.3, -0.25) is 9.69 Å². The number of rotatable bonds is 3. The third-order valence-corrected chi connectivity index (χ3v) is 10.5. The van der Waals surface area contributed by atoms with Crippen molar-refractivity contribution in [2.45, 2.75) is 45.5 Å². The van der Waals surface area contributed by atoms with Crippen molar-refractivity contribution >= 4 is 36.8 Å². The molecule has 6 nitrogen and oxygen atoms in total. The number of carbonyl (C=O) groups excluding carboxylic acids is 1. The molecule has 1 aliphatic heterocycles. The van der Waals surface area contributed by atoms with Gasteiger partial charge >= 0.3 is 6.09 Å². The van der Waals surface area contributed by atoms with E-state index in [1.807, 2.05) is 17.7 Å². The van der Waals surface area contributed by atoms with E-state index in [1.54, 1.807) is 18.2 Å². The summed E-state index contributed by atoms with van der Waals surface area (Å²) in [6.07, 6.45) is 1.95. The predicted molar refractivity (Wildman–Crippen MR) is 114 cm³/mol. The van der Waals surface area contributed by atoms with Gasteiger partial charge in [0.15, 0.2) is 14.1 Å². The normalized spacial score (nSPS) is 15.1. The molecule has 3 rings (SSSR count). The number of nitrogens with zero attached hydrogens (tertiary/aromatic N) is 2. The molecule has 2 heterocycles. The third kappa shape index (κ3) is 3.52. The number of ketones is 1. The summed E-state index contributed by atoms with van der Waals surface area (Å²) in [6.45, 7) is 11.7. The topological polar surface area (TPSA) is 71.8 Å². The van der Waals surface area contributed by atoms with Gasteiger partial charge in [-0.05, 0) is 42.4 Å². The van der Waals surface area contributed by atoms with E-state index in [0.717, 1.165) is 16.6 Å². The maximum atomic E-state index is 12.4. The molecule has 0 radical (unpaired) electrons. The van der Waals surface area contributed by atoms with Crippen LogP contribution in [0.1, 0.15) is 36.8 Å². The van der Waals surface area contributed by atoms with E-state index in [4.69, 9.17) is 4.43 Å². The van der Waals surface area contributed by atoms with Crippen LogP contribution < -0.4 is 4.90 Å². The van der Waals surface area contributed by atoms with Crippen LogP contribution in [0.2, 0.25) is 18.1 Å². The van der Waals surface area contributed by atoms with E-state index in [2.05, 4.69) is 33.9 Å². The van der Waals surface area contributed by atoms with Crippen molar-refractivity contribution < 1.29 is 19.1 Å². The minimum absolute atomic E-state index is 0.121. The van der Waals surface area contributed by atoms with Crippen molar-refractivity contribution in [3.8, 4) is 0 Å². The van der Waals surface area contributed by atoms with Crippen molar-refractivity contribution in [2.24, 2.45) is 7.05 Å². The fourth-order valence-electron chi connectivity index (χ4n) is 3.10. The highest BCUT2D eigenvalue weighted by Gasteiger charge is 2.37. The van der Waals surface area contributed by atoms with Gasteiger partial charge in [0, 0.05) is 30.2 Å². The number of hydrogen-bond acceptors (Lipinski definition) is 3. The number of anilines is 1. The monoisotopic (exact) mass is 400 g/mol. The predicted octanol–water partition coefficient (Wildman–Crippen LogP) is 4.94. The van der Waals surface area contributed by atoms with Gasteiger partial charge in [0.2, 0.25) is 0 Å². The Morgan fingerprint density at radius 3 is 2.54 bits per heavy atom. The quantitative estimate of drug-likeness (QED) is 0.741. The van der Waals surface area contributed by atoms with Crippen molar-refractivity contribution in [1.82, 2.24) is 4.57 Å². The standard InChI is InChI=1S/C21H28N2O4Si/c1-21(2,3)28(5,6)27-13-15-10-14-11-16-18(12-17(14)22(15)4)23(20(25)26)9-7-8-19(16)24/h7-8,10-12H,9,13H2,1-6H3,(H,25,26). The van der Waals surface area contributed by atoms with E-state index in [-0.39, 0.29) is 17.4 Å². The molecule has 2 aromatic rings. The zero-order valence-corrected chi connectivity index (χ0v) is 18.4. The van der Waals surface area contributed by atoms with Gasteiger partial charge < -0.3 is 14.1 Å². The number of aromatic nitrogens is 1. The zero-order valence-electron chi connectivity index (χ0n) is 17.4. The summed E-state index contributed by atoms with van der Waals surface area (Å²) in [4.78, 5) is 25.3. The SMILES string of the molecule is Cn1c(CO[Si](C)(C)C(C)(C)C)cc2cc3c(cc21)N(C(=O)O)CC=CC3=O. The summed E-state index contributed by atoms with van der Waals surface area (Å²) in [5.41, 5.74) is 2.72. The number of fused-ring (bicyclic) bond motifs is 2. The minimum atomic E-state index is -1.89. The number of carbonyl (C=O) groups is 2. The fourth-order valence-corrected chi connectivity index (χ4v) is 4.04. The van der Waals surface area contributed by atoms with Gasteiger partial charge in [-0.2, -0.15) is 0 Å². The zero-order chi connectivity index (χ0) is 20.9. The lowest BCUT2D eigenvalue weighted by atomic mass is 10.1. The van der Waals surface area contributed by atoms with Gasteiger partial charge in [0.1, 0.15) is 0 Å². The van der Waals surface area contributed by atoms with Crippen molar-refractivity contribution in [3.63, 3.8) is 0 Å². The first-order valence-electron chi connectivity index (χ1n) is 9.40. The molecule has 1 amide bonds. The Labute approximate surface area is 166 Å². The van der Waals surface area contributed by atoms with E-state index >= 15 is 0 Å². The molecule has 0 aliphatic carbocycles. The summed E-state index contributed by atoms with van der Waals surface area (Å²) >= 11 is 0. The number of allylic oxidation sites excluding steroid dienone is 1. The second-order valence-electron chi connectivity index (χ2n) is 8.83. The van der Waals surface area contributed by atoms with Crippen LogP contribution in [0, 0.1) is 0 Å². The molecular formula is C21H28N2O4Si. The Balaban J connectivity index is 2.04. The lowest BCUT2D eigenvalue weighted by Crippen LogP contribution is -2.40. The molecule has 1 aliphatic rings. The number of benzene rings is 1. The lowest BCUT2D eigenvalue weighted by Gasteiger charge is -2.36. The Kier molecular flexibility index (Phi) is 5.01. The molecule has 1 N–H and O–H groups in total. The Hall–Kier alpha value is -2.38. The third-order valence-electron chi connectivity index (χ3n) is 5.99. The molecule has 0 saturated carbocycles. The molecule has 150 valence electrons. The molecule has 0 atom stereocenters. The average Bonchev–Trinajstić information content (AvgIpc) is 2.79. The average molecular weight is 401 g/mol. The van der Waals surface area contributed by atoms with Crippen molar-refractivity contribution in [3.05, 3.63) is 41.6 Å². The molecule has 7 heteroatoms. The van der Waals surface area contributed by atoms with Crippen LogP contribution in [0.3, 0.4) is 0 Å². The van der Waals surface area contributed by atoms with Crippen LogP contribution in [0.5, 0.6) is 0 Å². The Morgan fingerprint density at radius 2 is 1.93 bits per heavy atom. The van der Waals surface area contributed by atoms with Gasteiger partial charge in [0.25, 0.3) is 0 Å². The minimum Gasteiger partial charge on any atom is -0.465 e. The molecule has 1 aromatic heterocycles. The molecular weight excluding hydrogens is 372 g/mol. The lowest BCUT2D eigenvalue weighted by molar-refractivity contribution is 0.104. The summed E-state index contributed by atoms with van der Waals surface area (Å²) < 4.78 is 8.37. The van der Waals surface area contributed by atoms with E-state index in [1.165, 1.54) is 11.0 Å². The van der Waals surface area contributed by atoms with Gasteiger partial charge in [-0.15, -0.1) is 0 Å². The molecule has 1 aromatic carbocycles. The van der Waals surface area contributed by atoms with Crippen molar-refractivity contribution in [2.75, 3.05) is 11.4 Å². The van der Waals surface area contributed by atoms with Crippen LogP contribution >= 0.6 is 0 Å². The van der Waals surface area contributed by atoms with Gasteiger partial charge in [-0.1, -0.05) is 26.8 Å². The summed E-state index contributed by atoms with van der Waals surface area (Å²) in [6, 6.07) is 5.60. The smallest absolute Gasteiger partial charge is 0.412 e. The fraction of sp³-hybridized carbons (Fsp3) is 0.429. The van der Waals surface area contributed by atoms with Crippen LogP contribution in [0.4, 0.5) is 10.5 Å². The largest absolute Gasteiger partial charge is 0.465 e. The molecule has 0 spiro atoms. The molecule has 0 unspecified atom stereocenters. The Bertz CT molecular complexity index is 982. The van der Waals surface area contributed by atoms with Crippen LogP contribution in [-0.4, -0.2) is 36.4 Å². The highest BCUT2D eigenvalue weighted by Crippen LogP contribution is 2.37. The van der Waals surface area contributed by atoms with E-state index in [0.29, 0.717) is 17.9 Å². The number of aryl methyl sites for hydroxylation is 1. The number of hydrogen-bond donors (Lipinski definition) is 1. The first-order valence-corrected chi connectivity index (χ1v) is 12.3. The van der Waals surface area contributed by atoms with Crippen molar-refractivity contribution in [1.29, 1.82) is 0 Å². The second kappa shape index (κ2) is 6.90. The highest BCUT2D eigenvalue weighted by atomic mass is 28.4. The van der Waals surface area contributed by atoms with E-state index in [9.17, 15) is 14.7 Å². The van der Waals surface area contributed by atoms with Crippen LogP contribution in [-0.2, 0) is 18.1 Å². The molecule has 0 saturated heterocycles. The summed E-state index contributed by atoms with van der Waals surface area (Å²) in [7, 11) is 0.0542. The first-order chi connectivity index (χ1) is 12.9. The van der Waals surface area contributed by atoms with Crippen LogP contribution in [0.25, 0.3) is 10.9 Å². The maximum absolute atomic E-state index is 12.4. The second-order valence-corrected chi connectivity index (χ2v) is 13.6. The first kappa shape index (κ1) is 20.4.